The van der Waals surface area contributed by atoms with Gasteiger partial charge in [-0.1, -0.05) is 20.8 Å². The van der Waals surface area contributed by atoms with Gasteiger partial charge in [0.1, 0.15) is 0 Å². The van der Waals surface area contributed by atoms with E-state index in [0.717, 1.165) is 19.3 Å². The van der Waals surface area contributed by atoms with E-state index in [1.165, 1.54) is 0 Å². The van der Waals surface area contributed by atoms with E-state index >= 15 is 0 Å². The standard InChI is InChI=1S/C15H30N2O3/c1-11-6-14(3,4)9-15(7-11,10-18)17-13(19)16-12(2)8-20-5/h11-12,18H,6-10H2,1-5H3,(H2,16,17,19)/t11-,12+,15-/m1/s1. The topological polar surface area (TPSA) is 70.6 Å². The Hall–Kier alpha value is -0.810. The molecule has 1 saturated carbocycles. The molecule has 1 aliphatic rings. The summed E-state index contributed by atoms with van der Waals surface area (Å²) >= 11 is 0. The maximum atomic E-state index is 12.1. The fourth-order valence-corrected chi connectivity index (χ4v) is 3.79. The first-order valence-corrected chi connectivity index (χ1v) is 7.40. The number of carbonyl (C=O) groups excluding carboxylic acids is 1. The number of rotatable bonds is 5. The highest BCUT2D eigenvalue weighted by Gasteiger charge is 2.43. The van der Waals surface area contributed by atoms with Gasteiger partial charge in [-0.3, -0.25) is 0 Å². The molecule has 0 aliphatic heterocycles. The van der Waals surface area contributed by atoms with Gasteiger partial charge < -0.3 is 20.5 Å². The van der Waals surface area contributed by atoms with Crippen LogP contribution in [0.25, 0.3) is 0 Å². The van der Waals surface area contributed by atoms with Gasteiger partial charge in [0.15, 0.2) is 0 Å². The Morgan fingerprint density at radius 1 is 1.45 bits per heavy atom. The minimum Gasteiger partial charge on any atom is -0.394 e. The molecule has 5 nitrogen and oxygen atoms in total. The Morgan fingerprint density at radius 3 is 2.60 bits per heavy atom. The SMILES string of the molecule is COC[C@H](C)NC(=O)N[C@]1(CO)C[C@H](C)CC(C)(C)C1. The van der Waals surface area contributed by atoms with Gasteiger partial charge in [0.25, 0.3) is 0 Å². The second-order valence-electron chi connectivity index (χ2n) is 7.25. The van der Waals surface area contributed by atoms with Gasteiger partial charge in [0.05, 0.1) is 24.8 Å². The molecule has 1 fully saturated rings. The molecule has 0 saturated heterocycles. The molecule has 0 aromatic rings. The number of aliphatic hydroxyl groups excluding tert-OH is 1. The van der Waals surface area contributed by atoms with Crippen LogP contribution in [0, 0.1) is 11.3 Å². The number of carbonyl (C=O) groups is 1. The third-order valence-corrected chi connectivity index (χ3v) is 3.93. The summed E-state index contributed by atoms with van der Waals surface area (Å²) in [5, 5.41) is 15.7. The van der Waals surface area contributed by atoms with Crippen LogP contribution >= 0.6 is 0 Å². The molecule has 5 heteroatoms. The minimum absolute atomic E-state index is 0.0210. The molecule has 0 spiro atoms. The van der Waals surface area contributed by atoms with E-state index in [9.17, 15) is 9.90 Å². The number of urea groups is 1. The molecule has 1 aliphatic carbocycles. The molecular weight excluding hydrogens is 256 g/mol. The Kier molecular flexibility index (Phi) is 5.83. The number of hydrogen-bond donors (Lipinski definition) is 3. The van der Waals surface area contributed by atoms with Crippen LogP contribution in [0.3, 0.4) is 0 Å². The van der Waals surface area contributed by atoms with Crippen LogP contribution in [0.2, 0.25) is 0 Å². The molecule has 2 amide bonds. The summed E-state index contributed by atoms with van der Waals surface area (Å²) in [5.74, 6) is 0.489. The predicted molar refractivity (Wildman–Crippen MR) is 79.6 cm³/mol. The van der Waals surface area contributed by atoms with Crippen molar-refractivity contribution in [3.8, 4) is 0 Å². The van der Waals surface area contributed by atoms with Crippen molar-refractivity contribution in [2.45, 2.75) is 58.5 Å². The Morgan fingerprint density at radius 2 is 2.10 bits per heavy atom. The molecule has 0 bridgehead atoms. The molecular formula is C15H30N2O3. The van der Waals surface area contributed by atoms with Crippen molar-refractivity contribution in [1.82, 2.24) is 10.6 Å². The first kappa shape index (κ1) is 17.2. The molecule has 1 rings (SSSR count). The maximum Gasteiger partial charge on any atom is 0.315 e. The highest BCUT2D eigenvalue weighted by molar-refractivity contribution is 5.75. The van der Waals surface area contributed by atoms with Gasteiger partial charge in [-0.25, -0.2) is 4.79 Å². The summed E-state index contributed by atoms with van der Waals surface area (Å²) in [6.45, 7) is 8.91. The van der Waals surface area contributed by atoms with Crippen molar-refractivity contribution >= 4 is 6.03 Å². The average Bonchev–Trinajstić information content (AvgIpc) is 2.25. The summed E-state index contributed by atoms with van der Waals surface area (Å²) in [7, 11) is 1.61. The lowest BCUT2D eigenvalue weighted by atomic mass is 9.64. The molecule has 0 aromatic heterocycles. The van der Waals surface area contributed by atoms with Crippen LogP contribution in [0.1, 0.15) is 47.0 Å². The lowest BCUT2D eigenvalue weighted by molar-refractivity contribution is 0.0427. The average molecular weight is 286 g/mol. The van der Waals surface area contributed by atoms with Crippen molar-refractivity contribution in [3.05, 3.63) is 0 Å². The van der Waals surface area contributed by atoms with Crippen molar-refractivity contribution < 1.29 is 14.6 Å². The summed E-state index contributed by atoms with van der Waals surface area (Å²) in [5.41, 5.74) is -0.385. The van der Waals surface area contributed by atoms with Crippen molar-refractivity contribution in [3.63, 3.8) is 0 Å². The number of amides is 2. The van der Waals surface area contributed by atoms with Crippen LogP contribution in [0.15, 0.2) is 0 Å². The van der Waals surface area contributed by atoms with E-state index in [-0.39, 0.29) is 24.1 Å². The molecule has 0 aromatic carbocycles. The van der Waals surface area contributed by atoms with Crippen LogP contribution in [-0.2, 0) is 4.74 Å². The number of hydrogen-bond acceptors (Lipinski definition) is 3. The van der Waals surface area contributed by atoms with Gasteiger partial charge in [0.2, 0.25) is 0 Å². The lowest BCUT2D eigenvalue weighted by Crippen LogP contribution is -2.60. The van der Waals surface area contributed by atoms with Crippen LogP contribution in [0.4, 0.5) is 4.79 Å². The molecule has 0 heterocycles. The molecule has 0 radical (unpaired) electrons. The van der Waals surface area contributed by atoms with Crippen LogP contribution < -0.4 is 10.6 Å². The molecule has 3 N–H and O–H groups in total. The molecule has 118 valence electrons. The van der Waals surface area contributed by atoms with Gasteiger partial charge in [-0.2, -0.15) is 0 Å². The van der Waals surface area contributed by atoms with Crippen molar-refractivity contribution in [1.29, 1.82) is 0 Å². The summed E-state index contributed by atoms with van der Waals surface area (Å²) in [4.78, 5) is 12.1. The van der Waals surface area contributed by atoms with E-state index in [2.05, 4.69) is 31.4 Å². The van der Waals surface area contributed by atoms with E-state index < -0.39 is 5.54 Å². The summed E-state index contributed by atoms with van der Waals surface area (Å²) in [6.07, 6.45) is 2.74. The first-order valence-electron chi connectivity index (χ1n) is 7.40. The number of ether oxygens (including phenoxy) is 1. The predicted octanol–water partition coefficient (Wildman–Crippen LogP) is 1.90. The highest BCUT2D eigenvalue weighted by atomic mass is 16.5. The van der Waals surface area contributed by atoms with Crippen LogP contribution in [-0.4, -0.2) is 43.0 Å². The molecule has 0 unspecified atom stereocenters. The fraction of sp³-hybridized carbons (Fsp3) is 0.933. The number of methoxy groups -OCH3 is 1. The summed E-state index contributed by atoms with van der Waals surface area (Å²) in [6, 6.07) is -0.279. The maximum absolute atomic E-state index is 12.1. The number of aliphatic hydroxyl groups is 1. The van der Waals surface area contributed by atoms with Crippen LogP contribution in [0.5, 0.6) is 0 Å². The van der Waals surface area contributed by atoms with Crippen molar-refractivity contribution in [2.75, 3.05) is 20.3 Å². The monoisotopic (exact) mass is 286 g/mol. The molecule has 3 atom stereocenters. The fourth-order valence-electron chi connectivity index (χ4n) is 3.79. The molecule has 20 heavy (non-hydrogen) atoms. The zero-order chi connectivity index (χ0) is 15.4. The Balaban J connectivity index is 2.67. The van der Waals surface area contributed by atoms with E-state index in [1.54, 1.807) is 7.11 Å². The summed E-state index contributed by atoms with van der Waals surface area (Å²) < 4.78 is 5.00. The van der Waals surface area contributed by atoms with E-state index in [4.69, 9.17) is 4.74 Å². The normalized spacial score (nSPS) is 30.6. The zero-order valence-corrected chi connectivity index (χ0v) is 13.5. The van der Waals surface area contributed by atoms with Gasteiger partial charge in [-0.05, 0) is 37.5 Å². The Bertz CT molecular complexity index is 333. The third kappa shape index (κ3) is 4.94. The quantitative estimate of drug-likeness (QED) is 0.723. The van der Waals surface area contributed by atoms with Gasteiger partial charge >= 0.3 is 6.03 Å². The van der Waals surface area contributed by atoms with E-state index in [1.807, 2.05) is 6.92 Å². The minimum atomic E-state index is -0.516. The Labute approximate surface area is 122 Å². The zero-order valence-electron chi connectivity index (χ0n) is 13.5. The second kappa shape index (κ2) is 6.76. The van der Waals surface area contributed by atoms with Gasteiger partial charge in [-0.15, -0.1) is 0 Å². The van der Waals surface area contributed by atoms with Crippen molar-refractivity contribution in [2.24, 2.45) is 11.3 Å². The third-order valence-electron chi connectivity index (χ3n) is 3.93. The number of nitrogens with one attached hydrogen (secondary N) is 2. The lowest BCUT2D eigenvalue weighted by Gasteiger charge is -2.47. The largest absolute Gasteiger partial charge is 0.394 e. The highest BCUT2D eigenvalue weighted by Crippen LogP contribution is 2.43. The smallest absolute Gasteiger partial charge is 0.315 e. The first-order chi connectivity index (χ1) is 9.22. The second-order valence-corrected chi connectivity index (χ2v) is 7.25. The van der Waals surface area contributed by atoms with Gasteiger partial charge in [0, 0.05) is 7.11 Å². The van der Waals surface area contributed by atoms with E-state index in [0.29, 0.717) is 12.5 Å².